The van der Waals surface area contributed by atoms with Gasteiger partial charge in [0.15, 0.2) is 0 Å². The summed E-state index contributed by atoms with van der Waals surface area (Å²) in [6.07, 6.45) is 2.17. The van der Waals surface area contributed by atoms with E-state index in [0.29, 0.717) is 11.5 Å². The molecule has 0 aliphatic carbocycles. The predicted octanol–water partition coefficient (Wildman–Crippen LogP) is 1.77. The third-order valence-corrected chi connectivity index (χ3v) is 2.21. The van der Waals surface area contributed by atoms with Crippen LogP contribution >= 0.6 is 24.4 Å². The zero-order valence-corrected chi connectivity index (χ0v) is 10.1. The van der Waals surface area contributed by atoms with E-state index in [-0.39, 0.29) is 12.8 Å². The summed E-state index contributed by atoms with van der Waals surface area (Å²) in [4.78, 5) is 19.5. The molecule has 0 aliphatic rings. The van der Waals surface area contributed by atoms with Crippen LogP contribution in [0.3, 0.4) is 0 Å². The summed E-state index contributed by atoms with van der Waals surface area (Å²) in [5, 5.41) is 16.0. The number of hydrogen-bond donors (Lipinski definition) is 3. The lowest BCUT2D eigenvalue weighted by atomic mass is 10.5. The van der Waals surface area contributed by atoms with E-state index in [9.17, 15) is 9.59 Å². The van der Waals surface area contributed by atoms with Crippen molar-refractivity contribution in [3.63, 3.8) is 0 Å². The van der Waals surface area contributed by atoms with Gasteiger partial charge in [-0.3, -0.25) is 9.59 Å². The number of carboxylic acid groups (broad SMARTS) is 2. The molecule has 4 nitrogen and oxygen atoms in total. The van der Waals surface area contributed by atoms with E-state index in [2.05, 4.69) is 19.2 Å². The highest BCUT2D eigenvalue weighted by molar-refractivity contribution is 7.99. The Bertz CT molecular complexity index is 195. The standard InChI is InChI=1S/C6H10O2S.C3H6O2S/c1-2-4-9-5-3-6(7)8;4-3(5)1-2-6/h2H,1,3-5H2,(H,7,8);6H,1-2H2,(H,4,5). The van der Waals surface area contributed by atoms with Crippen molar-refractivity contribution in [1.29, 1.82) is 0 Å². The highest BCUT2D eigenvalue weighted by Crippen LogP contribution is 2.01. The molecule has 6 heteroatoms. The summed E-state index contributed by atoms with van der Waals surface area (Å²) in [7, 11) is 0. The summed E-state index contributed by atoms with van der Waals surface area (Å²) in [5.41, 5.74) is 0. The molecule has 0 saturated heterocycles. The van der Waals surface area contributed by atoms with Crippen molar-refractivity contribution in [1.82, 2.24) is 0 Å². The van der Waals surface area contributed by atoms with E-state index in [1.54, 1.807) is 17.8 Å². The van der Waals surface area contributed by atoms with Crippen LogP contribution < -0.4 is 0 Å². The first-order chi connectivity index (χ1) is 7.04. The Labute approximate surface area is 99.2 Å². The van der Waals surface area contributed by atoms with Gasteiger partial charge in [-0.25, -0.2) is 0 Å². The average Bonchev–Trinajstić information content (AvgIpc) is 2.13. The van der Waals surface area contributed by atoms with Crippen molar-refractivity contribution in [2.45, 2.75) is 12.8 Å². The first-order valence-electron chi connectivity index (χ1n) is 4.27. The lowest BCUT2D eigenvalue weighted by Crippen LogP contribution is -1.95. The second kappa shape index (κ2) is 13.4. The van der Waals surface area contributed by atoms with Crippen molar-refractivity contribution >= 4 is 36.3 Å². The van der Waals surface area contributed by atoms with Crippen LogP contribution in [-0.2, 0) is 9.59 Å². The van der Waals surface area contributed by atoms with Gasteiger partial charge in [0.2, 0.25) is 0 Å². The van der Waals surface area contributed by atoms with E-state index in [1.165, 1.54) is 0 Å². The van der Waals surface area contributed by atoms with Crippen molar-refractivity contribution in [2.75, 3.05) is 17.3 Å². The molecule has 2 N–H and O–H groups in total. The molecule has 0 aliphatic heterocycles. The summed E-state index contributed by atoms with van der Waals surface area (Å²) in [6, 6.07) is 0. The molecule has 0 aromatic rings. The maximum atomic E-state index is 9.92. The number of thioether (sulfide) groups is 1. The van der Waals surface area contributed by atoms with Gasteiger partial charge in [-0.1, -0.05) is 6.08 Å². The Hall–Kier alpha value is -0.620. The van der Waals surface area contributed by atoms with Gasteiger partial charge in [0, 0.05) is 17.3 Å². The monoisotopic (exact) mass is 252 g/mol. The van der Waals surface area contributed by atoms with Gasteiger partial charge < -0.3 is 10.2 Å². The molecule has 0 fully saturated rings. The molecule has 15 heavy (non-hydrogen) atoms. The Morgan fingerprint density at radius 3 is 2.07 bits per heavy atom. The second-order valence-corrected chi connectivity index (χ2v) is 3.97. The zero-order valence-electron chi connectivity index (χ0n) is 8.39. The van der Waals surface area contributed by atoms with Gasteiger partial charge in [-0.05, 0) is 0 Å². The van der Waals surface area contributed by atoms with E-state index >= 15 is 0 Å². The molecule has 0 atom stereocenters. The van der Waals surface area contributed by atoms with Crippen molar-refractivity contribution in [3.05, 3.63) is 12.7 Å². The van der Waals surface area contributed by atoms with E-state index in [4.69, 9.17) is 10.2 Å². The Morgan fingerprint density at radius 2 is 1.80 bits per heavy atom. The fourth-order valence-corrected chi connectivity index (χ4v) is 1.27. The molecule has 0 aromatic heterocycles. The van der Waals surface area contributed by atoms with Crippen LogP contribution in [-0.4, -0.2) is 39.4 Å². The number of carboxylic acids is 2. The lowest BCUT2D eigenvalue weighted by Gasteiger charge is -1.91. The molecule has 0 spiro atoms. The van der Waals surface area contributed by atoms with Gasteiger partial charge in [-0.15, -0.1) is 6.58 Å². The normalized spacial score (nSPS) is 8.60. The Morgan fingerprint density at radius 1 is 1.27 bits per heavy atom. The summed E-state index contributed by atoms with van der Waals surface area (Å²) < 4.78 is 0. The first kappa shape index (κ1) is 16.8. The third-order valence-electron chi connectivity index (χ3n) is 1.02. The minimum absolute atomic E-state index is 0.156. The molecular weight excluding hydrogens is 236 g/mol. The molecular formula is C9H16O4S2. The smallest absolute Gasteiger partial charge is 0.304 e. The number of rotatable bonds is 7. The highest BCUT2D eigenvalue weighted by atomic mass is 32.2. The molecule has 88 valence electrons. The average molecular weight is 252 g/mol. The lowest BCUT2D eigenvalue weighted by molar-refractivity contribution is -0.137. The number of hydrogen-bond acceptors (Lipinski definition) is 4. The predicted molar refractivity (Wildman–Crippen MR) is 65.9 cm³/mol. The van der Waals surface area contributed by atoms with Crippen LogP contribution in [0.5, 0.6) is 0 Å². The molecule has 0 unspecified atom stereocenters. The van der Waals surface area contributed by atoms with Gasteiger partial charge in [0.1, 0.15) is 0 Å². The van der Waals surface area contributed by atoms with Crippen LogP contribution in [0.4, 0.5) is 0 Å². The summed E-state index contributed by atoms with van der Waals surface area (Å²) >= 11 is 5.26. The molecule has 0 heterocycles. The maximum absolute atomic E-state index is 9.92. The molecule has 0 bridgehead atoms. The first-order valence-corrected chi connectivity index (χ1v) is 6.06. The van der Waals surface area contributed by atoms with E-state index < -0.39 is 11.9 Å². The maximum Gasteiger partial charge on any atom is 0.304 e. The van der Waals surface area contributed by atoms with Crippen molar-refractivity contribution in [2.24, 2.45) is 0 Å². The fraction of sp³-hybridized carbons (Fsp3) is 0.556. The van der Waals surface area contributed by atoms with Crippen LogP contribution in [0.1, 0.15) is 12.8 Å². The molecule has 0 radical (unpaired) electrons. The van der Waals surface area contributed by atoms with E-state index in [1.807, 2.05) is 0 Å². The van der Waals surface area contributed by atoms with Crippen LogP contribution in [0.25, 0.3) is 0 Å². The van der Waals surface area contributed by atoms with Gasteiger partial charge in [0.05, 0.1) is 12.8 Å². The molecule has 0 rings (SSSR count). The van der Waals surface area contributed by atoms with E-state index in [0.717, 1.165) is 5.75 Å². The van der Waals surface area contributed by atoms with Gasteiger partial charge in [0.25, 0.3) is 0 Å². The fourth-order valence-electron chi connectivity index (χ4n) is 0.422. The summed E-state index contributed by atoms with van der Waals surface area (Å²) in [6.45, 7) is 3.51. The van der Waals surface area contributed by atoms with Crippen molar-refractivity contribution < 1.29 is 19.8 Å². The number of aliphatic carboxylic acids is 2. The Balaban J connectivity index is 0. The zero-order chi connectivity index (χ0) is 12.1. The second-order valence-electron chi connectivity index (χ2n) is 2.37. The van der Waals surface area contributed by atoms with Gasteiger partial charge in [-0.2, -0.15) is 24.4 Å². The summed E-state index contributed by atoms with van der Waals surface area (Å²) in [5.74, 6) is 0.431. The van der Waals surface area contributed by atoms with Gasteiger partial charge >= 0.3 is 11.9 Å². The SMILES string of the molecule is C=CCSCCC(=O)O.O=C(O)CCS. The molecule has 0 aromatic carbocycles. The topological polar surface area (TPSA) is 74.6 Å². The minimum Gasteiger partial charge on any atom is -0.481 e. The minimum atomic E-state index is -0.787. The quantitative estimate of drug-likeness (QED) is 0.366. The van der Waals surface area contributed by atoms with Crippen molar-refractivity contribution in [3.8, 4) is 0 Å². The van der Waals surface area contributed by atoms with Crippen LogP contribution in [0, 0.1) is 0 Å². The Kier molecular flexibility index (Phi) is 15.0. The molecule has 0 saturated carbocycles. The highest BCUT2D eigenvalue weighted by Gasteiger charge is 1.93. The number of carbonyl (C=O) groups is 2. The van der Waals surface area contributed by atoms with Crippen LogP contribution in [0.2, 0.25) is 0 Å². The largest absolute Gasteiger partial charge is 0.481 e. The number of thiol groups is 1. The third kappa shape index (κ3) is 24.7. The van der Waals surface area contributed by atoms with Crippen LogP contribution in [0.15, 0.2) is 12.7 Å². The molecule has 0 amide bonds.